The van der Waals surface area contributed by atoms with E-state index in [0.717, 1.165) is 6.42 Å². The molecule has 15 heavy (non-hydrogen) atoms. The van der Waals surface area contributed by atoms with E-state index in [4.69, 9.17) is 0 Å². The van der Waals surface area contributed by atoms with Crippen LogP contribution in [0.4, 0.5) is 0 Å². The third-order valence-corrected chi connectivity index (χ3v) is 2.35. The third-order valence-electron chi connectivity index (χ3n) is 2.35. The fourth-order valence-electron chi connectivity index (χ4n) is 1.49. The van der Waals surface area contributed by atoms with E-state index < -0.39 is 0 Å². The van der Waals surface area contributed by atoms with Crippen molar-refractivity contribution >= 4 is 0 Å². The smallest absolute Gasteiger partial charge is 0.0319 e. The molecule has 0 unspecified atom stereocenters. The zero-order valence-corrected chi connectivity index (χ0v) is 10.8. The average Bonchev–Trinajstić information content (AvgIpc) is 2.23. The van der Waals surface area contributed by atoms with Crippen LogP contribution >= 0.6 is 0 Å². The maximum atomic E-state index is 3.84. The molecular weight excluding hydrogens is 180 g/mol. The lowest BCUT2D eigenvalue weighted by molar-refractivity contribution is 0.566. The van der Waals surface area contributed by atoms with Gasteiger partial charge in [0.25, 0.3) is 0 Å². The number of allylic oxidation sites excluding steroid dienone is 1. The van der Waals surface area contributed by atoms with Gasteiger partial charge in [0.15, 0.2) is 0 Å². The van der Waals surface area contributed by atoms with Crippen molar-refractivity contribution in [3.63, 3.8) is 0 Å². The zero-order valence-electron chi connectivity index (χ0n) is 10.8. The molecule has 90 valence electrons. The largest absolute Gasteiger partial charge is 0.103 e. The van der Waals surface area contributed by atoms with Gasteiger partial charge in [-0.3, -0.25) is 0 Å². The van der Waals surface area contributed by atoms with Gasteiger partial charge in [-0.2, -0.15) is 0 Å². The molecule has 0 saturated carbocycles. The summed E-state index contributed by atoms with van der Waals surface area (Å²) in [6.07, 6.45) is 15.4. The van der Waals surface area contributed by atoms with Crippen molar-refractivity contribution in [2.75, 3.05) is 0 Å². The minimum Gasteiger partial charge on any atom is -0.103 e. The third kappa shape index (κ3) is 24.8. The Labute approximate surface area is 98.2 Å². The van der Waals surface area contributed by atoms with Gasteiger partial charge in [-0.1, -0.05) is 84.1 Å². The molecule has 0 spiro atoms. The molecule has 0 amide bonds. The van der Waals surface area contributed by atoms with Crippen LogP contribution in [0.25, 0.3) is 0 Å². The van der Waals surface area contributed by atoms with Crippen molar-refractivity contribution in [1.82, 2.24) is 0 Å². The van der Waals surface area contributed by atoms with Crippen LogP contribution in [0.3, 0.4) is 0 Å². The predicted molar refractivity (Wildman–Crippen MR) is 72.8 cm³/mol. The molecule has 0 aliphatic carbocycles. The summed E-state index contributed by atoms with van der Waals surface area (Å²) in [7, 11) is 0. The highest BCUT2D eigenvalue weighted by molar-refractivity contribution is 4.66. The summed E-state index contributed by atoms with van der Waals surface area (Å²) >= 11 is 0. The van der Waals surface area contributed by atoms with E-state index in [1.165, 1.54) is 63.9 Å². The molecule has 0 aliphatic heterocycles. The van der Waals surface area contributed by atoms with E-state index in [1.807, 2.05) is 0 Å². The number of hydrogen-bond acceptors (Lipinski definition) is 0. The lowest BCUT2D eigenvalue weighted by Gasteiger charge is -1.99. The first-order chi connectivity index (χ1) is 7.33. The molecular formula is C15H30. The Balaban J connectivity index is 0. The van der Waals surface area contributed by atoms with Gasteiger partial charge in [0, 0.05) is 0 Å². The van der Waals surface area contributed by atoms with Gasteiger partial charge in [-0.25, -0.2) is 0 Å². The van der Waals surface area contributed by atoms with Crippen LogP contribution in [0.2, 0.25) is 0 Å². The van der Waals surface area contributed by atoms with Gasteiger partial charge in [0.05, 0.1) is 0 Å². The summed E-state index contributed by atoms with van der Waals surface area (Å²) in [5, 5.41) is 0. The highest BCUT2D eigenvalue weighted by Crippen LogP contribution is 2.09. The fourth-order valence-corrected chi connectivity index (χ4v) is 1.49. The Morgan fingerprint density at radius 3 is 1.47 bits per heavy atom. The van der Waals surface area contributed by atoms with Gasteiger partial charge in [-0.05, 0) is 6.92 Å². The van der Waals surface area contributed by atoms with Gasteiger partial charge in [0.1, 0.15) is 0 Å². The minimum absolute atomic E-state index is 1.12. The molecule has 0 saturated heterocycles. The number of unbranched alkanes of at least 4 members (excludes halogenated alkanes) is 9. The molecule has 0 N–H and O–H groups in total. The highest BCUT2D eigenvalue weighted by atomic mass is 14.0. The molecule has 0 heterocycles. The van der Waals surface area contributed by atoms with Gasteiger partial charge in [-0.15, -0.1) is 6.58 Å². The van der Waals surface area contributed by atoms with E-state index >= 15 is 0 Å². The lowest BCUT2D eigenvalue weighted by Crippen LogP contribution is -1.80. The van der Waals surface area contributed by atoms with Gasteiger partial charge in [0.2, 0.25) is 0 Å². The summed E-state index contributed by atoms with van der Waals surface area (Å²) in [6, 6.07) is 0. The van der Waals surface area contributed by atoms with Gasteiger partial charge >= 0.3 is 0 Å². The van der Waals surface area contributed by atoms with E-state index in [2.05, 4.69) is 27.4 Å². The Kier molecular flexibility index (Phi) is 22.1. The quantitative estimate of drug-likeness (QED) is 0.425. The first-order valence-electron chi connectivity index (χ1n) is 6.52. The summed E-state index contributed by atoms with van der Waals surface area (Å²) in [6.45, 7) is 12.6. The topological polar surface area (TPSA) is 0 Å². The maximum Gasteiger partial charge on any atom is -0.0319 e. The van der Waals surface area contributed by atoms with E-state index in [9.17, 15) is 0 Å². The Hall–Kier alpha value is -0.260. The number of hydrogen-bond donors (Lipinski definition) is 0. The van der Waals surface area contributed by atoms with Crippen molar-refractivity contribution in [3.8, 4) is 0 Å². The second-order valence-corrected chi connectivity index (χ2v) is 3.97. The monoisotopic (exact) mass is 210 g/mol. The molecule has 0 bridgehead atoms. The standard InChI is InChI=1S/C12H25.C3H5/c1-3-5-7-9-11-12-10-8-6-4-2;1-3-2/h1,3-12H2,2H3;3H,1-2H2. The van der Waals surface area contributed by atoms with Crippen LogP contribution in [0.15, 0.2) is 12.7 Å². The summed E-state index contributed by atoms with van der Waals surface area (Å²) in [4.78, 5) is 0. The average molecular weight is 210 g/mol. The summed E-state index contributed by atoms with van der Waals surface area (Å²) in [5.41, 5.74) is 0. The molecule has 0 heteroatoms. The van der Waals surface area contributed by atoms with Crippen LogP contribution in [0.5, 0.6) is 0 Å². The molecule has 0 fully saturated rings. The molecule has 0 rings (SSSR count). The molecule has 0 nitrogen and oxygen atoms in total. The van der Waals surface area contributed by atoms with Gasteiger partial charge < -0.3 is 0 Å². The Morgan fingerprint density at radius 1 is 0.800 bits per heavy atom. The second-order valence-electron chi connectivity index (χ2n) is 3.97. The maximum absolute atomic E-state index is 3.84. The SMILES string of the molecule is [CH2]C=C.[CH2]CCCCCCCCCCC. The fraction of sp³-hybridized carbons (Fsp3) is 0.733. The summed E-state index contributed by atoms with van der Waals surface area (Å²) in [5.74, 6) is 0. The second kappa shape index (κ2) is 19.3. The minimum atomic E-state index is 1.12. The number of rotatable bonds is 9. The van der Waals surface area contributed by atoms with Crippen molar-refractivity contribution in [1.29, 1.82) is 0 Å². The van der Waals surface area contributed by atoms with Crippen molar-refractivity contribution in [2.45, 2.75) is 71.1 Å². The van der Waals surface area contributed by atoms with Crippen LogP contribution in [-0.4, -0.2) is 0 Å². The van der Waals surface area contributed by atoms with Crippen LogP contribution in [-0.2, 0) is 0 Å². The van der Waals surface area contributed by atoms with E-state index in [-0.39, 0.29) is 0 Å². The molecule has 0 aliphatic rings. The van der Waals surface area contributed by atoms with E-state index in [1.54, 1.807) is 0 Å². The molecule has 0 aromatic heterocycles. The van der Waals surface area contributed by atoms with Crippen LogP contribution < -0.4 is 0 Å². The first kappa shape index (κ1) is 17.1. The van der Waals surface area contributed by atoms with Crippen LogP contribution in [0, 0.1) is 13.8 Å². The molecule has 0 aromatic carbocycles. The van der Waals surface area contributed by atoms with Crippen molar-refractivity contribution in [2.24, 2.45) is 0 Å². The Bertz CT molecular complexity index is 84.2. The normalized spacial score (nSPS) is 9.27. The zero-order chi connectivity index (χ0) is 11.8. The first-order valence-corrected chi connectivity index (χ1v) is 6.52. The highest BCUT2D eigenvalue weighted by Gasteiger charge is 1.90. The Morgan fingerprint density at radius 2 is 1.13 bits per heavy atom. The predicted octanol–water partition coefficient (Wildman–Crippen LogP) is 5.75. The van der Waals surface area contributed by atoms with Crippen molar-refractivity contribution < 1.29 is 0 Å². The molecule has 0 atom stereocenters. The summed E-state index contributed by atoms with van der Waals surface area (Å²) < 4.78 is 0. The molecule has 0 aromatic rings. The molecule has 2 radical (unpaired) electrons. The lowest BCUT2D eigenvalue weighted by atomic mass is 10.1. The van der Waals surface area contributed by atoms with Crippen LogP contribution in [0.1, 0.15) is 71.1 Å². The van der Waals surface area contributed by atoms with E-state index in [0.29, 0.717) is 0 Å². The van der Waals surface area contributed by atoms with Crippen molar-refractivity contribution in [3.05, 3.63) is 26.5 Å².